The maximum atomic E-state index is 12.4. The number of benzene rings is 2. The molecular weight excluding hydrogens is 446 g/mol. The van der Waals surface area contributed by atoms with Gasteiger partial charge >= 0.3 is 7.60 Å². The van der Waals surface area contributed by atoms with Gasteiger partial charge in [0.25, 0.3) is 0 Å². The Balaban J connectivity index is 2.01. The quantitative estimate of drug-likeness (QED) is 0.587. The minimum Gasteiger partial charge on any atom is -0.324 e. The average molecular weight is 465 g/mol. The summed E-state index contributed by atoms with van der Waals surface area (Å²) in [6.07, 6.45) is -0.959. The Morgan fingerprint density at radius 3 is 2.64 bits per heavy atom. The maximum absolute atomic E-state index is 12.4. The first-order valence-corrected chi connectivity index (χ1v) is 12.3. The van der Waals surface area contributed by atoms with Crippen molar-refractivity contribution in [3.63, 3.8) is 0 Å². The number of halogens is 2. The second-order valence-corrected chi connectivity index (χ2v) is 11.0. The second-order valence-electron chi connectivity index (χ2n) is 6.75. The van der Waals surface area contributed by atoms with Gasteiger partial charge in [-0.2, -0.15) is 4.72 Å². The molecule has 0 radical (unpaired) electrons. The van der Waals surface area contributed by atoms with Gasteiger partial charge in [-0.15, -0.1) is 0 Å². The third-order valence-corrected chi connectivity index (χ3v) is 7.26. The van der Waals surface area contributed by atoms with E-state index in [1.54, 1.807) is 12.1 Å². The monoisotopic (exact) mass is 464 g/mol. The average Bonchev–Trinajstić information content (AvgIpc) is 2.60. The van der Waals surface area contributed by atoms with Crippen LogP contribution in [0.5, 0.6) is 0 Å². The number of likely N-dealkylation sites (N-methyl/N-ethyl adjacent to an activating group) is 1. The zero-order valence-electron chi connectivity index (χ0n) is 14.8. The Labute approximate surface area is 173 Å². The molecule has 0 fully saturated rings. The molecule has 2 aromatic carbocycles. The summed E-state index contributed by atoms with van der Waals surface area (Å²) in [6, 6.07) is 9.82. The zero-order valence-corrected chi connectivity index (χ0v) is 18.1. The Kier molecular flexibility index (Phi) is 6.25. The topological polar surface area (TPSA) is 107 Å². The normalized spacial score (nSPS) is 18.1. The predicted octanol–water partition coefficient (Wildman–Crippen LogP) is 2.98. The fraction of sp³-hybridized carbons (Fsp3) is 0.294. The Hall–Kier alpha value is -0.960. The largest absolute Gasteiger partial charge is 0.340 e. The molecule has 0 aliphatic carbocycles. The van der Waals surface area contributed by atoms with Gasteiger partial charge in [-0.1, -0.05) is 35.3 Å². The number of fused-ring (bicyclic) bond motifs is 1. The summed E-state index contributed by atoms with van der Waals surface area (Å²) in [4.78, 5) is 19.9. The molecule has 2 aromatic rings. The van der Waals surface area contributed by atoms with E-state index in [0.29, 0.717) is 23.1 Å². The summed E-state index contributed by atoms with van der Waals surface area (Å²) < 4.78 is 37.8. The number of nitrogens with zero attached hydrogens (tertiary/aromatic N) is 1. The number of rotatable bonds is 5. The molecule has 3 rings (SSSR count). The van der Waals surface area contributed by atoms with E-state index in [-0.39, 0.29) is 10.8 Å². The molecule has 0 saturated carbocycles. The lowest BCUT2D eigenvalue weighted by molar-refractivity contribution is 0.295. The van der Waals surface area contributed by atoms with E-state index in [9.17, 15) is 13.0 Å². The number of sulfonamides is 1. The van der Waals surface area contributed by atoms with E-state index in [1.165, 1.54) is 12.1 Å². The van der Waals surface area contributed by atoms with Gasteiger partial charge in [0.1, 0.15) is 6.29 Å². The van der Waals surface area contributed by atoms with E-state index in [4.69, 9.17) is 33.0 Å². The first kappa shape index (κ1) is 21.7. The summed E-state index contributed by atoms with van der Waals surface area (Å²) in [5, 5.41) is 1.07. The van der Waals surface area contributed by atoms with Gasteiger partial charge in [0.15, 0.2) is 0 Å². The first-order chi connectivity index (χ1) is 13.0. The number of hydrogen-bond acceptors (Lipinski definition) is 4. The van der Waals surface area contributed by atoms with Crippen molar-refractivity contribution in [2.24, 2.45) is 0 Å². The van der Waals surface area contributed by atoms with Crippen LogP contribution in [0.1, 0.15) is 22.6 Å². The van der Waals surface area contributed by atoms with E-state index in [2.05, 4.69) is 4.90 Å². The highest BCUT2D eigenvalue weighted by Crippen LogP contribution is 2.39. The molecule has 1 unspecified atom stereocenters. The second kappa shape index (κ2) is 8.05. The molecule has 0 bridgehead atoms. The van der Waals surface area contributed by atoms with Crippen molar-refractivity contribution < 1.29 is 22.8 Å². The van der Waals surface area contributed by atoms with Gasteiger partial charge in [-0.3, -0.25) is 4.57 Å². The predicted molar refractivity (Wildman–Crippen MR) is 108 cm³/mol. The van der Waals surface area contributed by atoms with Crippen LogP contribution >= 0.6 is 30.8 Å². The lowest BCUT2D eigenvalue weighted by Gasteiger charge is -2.33. The van der Waals surface area contributed by atoms with Crippen LogP contribution in [-0.2, 0) is 21.1 Å². The van der Waals surface area contributed by atoms with Crippen LogP contribution < -0.4 is 4.72 Å². The van der Waals surface area contributed by atoms with Crippen LogP contribution in [0, 0.1) is 0 Å². The molecule has 1 aliphatic rings. The smallest absolute Gasteiger partial charge is 0.324 e. The highest BCUT2D eigenvalue weighted by Gasteiger charge is 2.28. The SMILES string of the molecule is CN1Cc2c(Cl)cc(Cl)cc2C(c2cccc(S(=O)(=O)NCP(=O)(O)O)c2)C1. The van der Waals surface area contributed by atoms with Crippen LogP contribution in [0.25, 0.3) is 0 Å². The lowest BCUT2D eigenvalue weighted by Crippen LogP contribution is -2.31. The Morgan fingerprint density at radius 1 is 1.25 bits per heavy atom. The van der Waals surface area contributed by atoms with Gasteiger partial charge < -0.3 is 14.7 Å². The molecule has 28 heavy (non-hydrogen) atoms. The van der Waals surface area contributed by atoms with Crippen molar-refractivity contribution in [3.8, 4) is 0 Å². The van der Waals surface area contributed by atoms with Crippen molar-refractivity contribution in [2.75, 3.05) is 19.9 Å². The zero-order chi connectivity index (χ0) is 20.7. The summed E-state index contributed by atoms with van der Waals surface area (Å²) in [5.74, 6) is -0.151. The standard InChI is InChI=1S/C17H19Cl2N2O5PS/c1-21-8-15(14-6-12(18)7-17(19)16(14)9-21)11-3-2-4-13(5-11)28(25,26)20-10-27(22,23)24/h2-7,15,20H,8-10H2,1H3,(H2,22,23,24). The van der Waals surface area contributed by atoms with Crippen molar-refractivity contribution in [3.05, 3.63) is 63.1 Å². The fourth-order valence-electron chi connectivity index (χ4n) is 3.28. The first-order valence-electron chi connectivity index (χ1n) is 8.27. The lowest BCUT2D eigenvalue weighted by atomic mass is 9.85. The van der Waals surface area contributed by atoms with Crippen molar-refractivity contribution in [1.29, 1.82) is 0 Å². The summed E-state index contributed by atoms with van der Waals surface area (Å²) in [7, 11) is -6.63. The number of hydrogen-bond donors (Lipinski definition) is 3. The molecule has 0 spiro atoms. The third kappa shape index (κ3) is 4.96. The van der Waals surface area contributed by atoms with Crippen molar-refractivity contribution in [1.82, 2.24) is 9.62 Å². The van der Waals surface area contributed by atoms with Gasteiger partial charge in [-0.25, -0.2) is 8.42 Å². The number of nitrogens with one attached hydrogen (secondary N) is 1. The Morgan fingerprint density at radius 2 is 1.96 bits per heavy atom. The van der Waals surface area contributed by atoms with Crippen LogP contribution in [0.3, 0.4) is 0 Å². The molecule has 1 heterocycles. The van der Waals surface area contributed by atoms with E-state index in [1.807, 2.05) is 23.9 Å². The molecule has 1 atom stereocenters. The highest BCUT2D eigenvalue weighted by atomic mass is 35.5. The molecule has 11 heteroatoms. The molecule has 0 saturated heterocycles. The summed E-state index contributed by atoms with van der Waals surface area (Å²) in [6.45, 7) is 1.30. The van der Waals surface area contributed by atoms with Gasteiger partial charge in [0, 0.05) is 29.1 Å². The van der Waals surface area contributed by atoms with Crippen LogP contribution in [-0.4, -0.2) is 43.0 Å². The van der Waals surface area contributed by atoms with Crippen LogP contribution in [0.4, 0.5) is 0 Å². The van der Waals surface area contributed by atoms with Crippen molar-refractivity contribution in [2.45, 2.75) is 17.4 Å². The van der Waals surface area contributed by atoms with E-state index >= 15 is 0 Å². The molecular formula is C17H19Cl2N2O5PS. The third-order valence-electron chi connectivity index (χ3n) is 4.52. The molecule has 0 amide bonds. The van der Waals surface area contributed by atoms with E-state index < -0.39 is 23.9 Å². The fourth-order valence-corrected chi connectivity index (χ4v) is 5.92. The van der Waals surface area contributed by atoms with Crippen molar-refractivity contribution >= 4 is 40.8 Å². The summed E-state index contributed by atoms with van der Waals surface area (Å²) >= 11 is 12.5. The molecule has 1 aliphatic heterocycles. The van der Waals surface area contributed by atoms with Gasteiger partial charge in [0.2, 0.25) is 10.0 Å². The molecule has 152 valence electrons. The maximum Gasteiger partial charge on any atom is 0.340 e. The van der Waals surface area contributed by atoms with Crippen LogP contribution in [0.15, 0.2) is 41.3 Å². The molecule has 7 nitrogen and oxygen atoms in total. The van der Waals surface area contributed by atoms with E-state index in [0.717, 1.165) is 16.7 Å². The summed E-state index contributed by atoms with van der Waals surface area (Å²) in [5.41, 5.74) is 2.62. The highest BCUT2D eigenvalue weighted by molar-refractivity contribution is 7.89. The minimum atomic E-state index is -4.51. The molecule has 0 aromatic heterocycles. The minimum absolute atomic E-state index is 0.0682. The van der Waals surface area contributed by atoms with Crippen LogP contribution in [0.2, 0.25) is 10.0 Å². The Bertz CT molecular complexity index is 1060. The van der Waals surface area contributed by atoms with Gasteiger partial charge in [0.05, 0.1) is 4.90 Å². The van der Waals surface area contributed by atoms with Gasteiger partial charge in [-0.05, 0) is 48.0 Å². The molecule has 3 N–H and O–H groups in total.